The van der Waals surface area contributed by atoms with Crippen LogP contribution in [-0.4, -0.2) is 49.3 Å². The van der Waals surface area contributed by atoms with E-state index in [-0.39, 0.29) is 6.10 Å². The lowest BCUT2D eigenvalue weighted by atomic mass is 10.1. The van der Waals surface area contributed by atoms with E-state index >= 15 is 0 Å². The molecule has 90 valence electrons. The van der Waals surface area contributed by atoms with Gasteiger partial charge in [-0.2, -0.15) is 0 Å². The molecule has 1 aliphatic carbocycles. The maximum absolute atomic E-state index is 9.72. The molecule has 1 rings (SSSR count). The summed E-state index contributed by atoms with van der Waals surface area (Å²) in [6, 6.07) is 0.694. The molecule has 0 aliphatic heterocycles. The second-order valence-electron chi connectivity index (χ2n) is 4.80. The predicted octanol–water partition coefficient (Wildman–Crippen LogP) is 1.22. The molecule has 1 fully saturated rings. The van der Waals surface area contributed by atoms with Gasteiger partial charge in [-0.25, -0.2) is 0 Å². The smallest absolute Gasteiger partial charge is 0.0791 e. The van der Waals surface area contributed by atoms with Gasteiger partial charge >= 0.3 is 0 Å². The van der Waals surface area contributed by atoms with Crippen LogP contribution in [0.3, 0.4) is 0 Å². The lowest BCUT2D eigenvalue weighted by Gasteiger charge is -2.28. The number of rotatable bonds is 5. The van der Waals surface area contributed by atoms with Crippen LogP contribution < -0.4 is 5.32 Å². The molecule has 0 amide bonds. The van der Waals surface area contributed by atoms with Gasteiger partial charge in [0, 0.05) is 19.1 Å². The van der Waals surface area contributed by atoms with Gasteiger partial charge < -0.3 is 15.3 Å². The fourth-order valence-electron chi connectivity index (χ4n) is 2.48. The predicted molar refractivity (Wildman–Crippen MR) is 64.1 cm³/mol. The van der Waals surface area contributed by atoms with E-state index in [0.717, 1.165) is 6.54 Å². The topological polar surface area (TPSA) is 35.5 Å². The Bertz CT molecular complexity index is 156. The Kier molecular flexibility index (Phi) is 6.22. The highest BCUT2D eigenvalue weighted by molar-refractivity contribution is 4.74. The van der Waals surface area contributed by atoms with E-state index in [4.69, 9.17) is 0 Å². The molecule has 0 radical (unpaired) electrons. The van der Waals surface area contributed by atoms with Gasteiger partial charge in [-0.15, -0.1) is 0 Å². The van der Waals surface area contributed by atoms with Crippen LogP contribution in [0.25, 0.3) is 0 Å². The number of nitrogens with zero attached hydrogens (tertiary/aromatic N) is 1. The summed E-state index contributed by atoms with van der Waals surface area (Å²) in [5, 5.41) is 12.7. The maximum Gasteiger partial charge on any atom is 0.0791 e. The van der Waals surface area contributed by atoms with Gasteiger partial charge in [0.1, 0.15) is 0 Å². The summed E-state index contributed by atoms with van der Waals surface area (Å²) in [6.07, 6.45) is 7.88. The molecular formula is C12H26N2O. The lowest BCUT2D eigenvalue weighted by molar-refractivity contribution is 0.0994. The molecule has 1 saturated carbocycles. The Hall–Kier alpha value is -0.120. The SMILES string of the molecule is CNCC(O)CN(C)C1CCCCCC1. The van der Waals surface area contributed by atoms with Crippen LogP contribution in [0.4, 0.5) is 0 Å². The van der Waals surface area contributed by atoms with Gasteiger partial charge in [0.15, 0.2) is 0 Å². The highest BCUT2D eigenvalue weighted by Crippen LogP contribution is 2.20. The van der Waals surface area contributed by atoms with E-state index in [0.29, 0.717) is 12.6 Å². The summed E-state index contributed by atoms with van der Waals surface area (Å²) in [6.45, 7) is 1.49. The highest BCUT2D eigenvalue weighted by atomic mass is 16.3. The standard InChI is InChI=1S/C12H26N2O/c1-13-9-12(15)10-14(2)11-7-5-3-4-6-8-11/h11-13,15H,3-10H2,1-2H3. The van der Waals surface area contributed by atoms with Crippen molar-refractivity contribution in [2.24, 2.45) is 0 Å². The molecule has 0 aromatic heterocycles. The zero-order valence-corrected chi connectivity index (χ0v) is 10.2. The zero-order valence-electron chi connectivity index (χ0n) is 10.2. The second-order valence-corrected chi connectivity index (χ2v) is 4.80. The first-order valence-corrected chi connectivity index (χ1v) is 6.27. The van der Waals surface area contributed by atoms with Crippen LogP contribution in [0.1, 0.15) is 38.5 Å². The number of hydrogen-bond donors (Lipinski definition) is 2. The van der Waals surface area contributed by atoms with E-state index in [2.05, 4.69) is 17.3 Å². The van der Waals surface area contributed by atoms with Gasteiger partial charge in [0.05, 0.1) is 6.10 Å². The summed E-state index contributed by atoms with van der Waals surface area (Å²) >= 11 is 0. The number of nitrogens with one attached hydrogen (secondary N) is 1. The van der Waals surface area contributed by atoms with Crippen molar-refractivity contribution in [2.75, 3.05) is 27.2 Å². The number of likely N-dealkylation sites (N-methyl/N-ethyl adjacent to an activating group) is 2. The first kappa shape index (κ1) is 12.9. The molecule has 0 spiro atoms. The first-order chi connectivity index (χ1) is 7.24. The Morgan fingerprint density at radius 2 is 1.87 bits per heavy atom. The van der Waals surface area contributed by atoms with Crippen LogP contribution in [0.5, 0.6) is 0 Å². The Labute approximate surface area is 93.9 Å². The van der Waals surface area contributed by atoms with Crippen molar-refractivity contribution in [1.82, 2.24) is 10.2 Å². The summed E-state index contributed by atoms with van der Waals surface area (Å²) in [5.74, 6) is 0. The molecule has 0 saturated heterocycles. The van der Waals surface area contributed by atoms with Gasteiger partial charge in [-0.3, -0.25) is 0 Å². The van der Waals surface area contributed by atoms with Crippen LogP contribution in [-0.2, 0) is 0 Å². The molecule has 1 aliphatic rings. The van der Waals surface area contributed by atoms with Crippen molar-refractivity contribution in [1.29, 1.82) is 0 Å². The third-order valence-corrected chi connectivity index (χ3v) is 3.39. The maximum atomic E-state index is 9.72. The van der Waals surface area contributed by atoms with E-state index in [1.165, 1.54) is 38.5 Å². The summed E-state index contributed by atoms with van der Waals surface area (Å²) in [4.78, 5) is 2.34. The molecule has 3 heteroatoms. The summed E-state index contributed by atoms with van der Waals surface area (Å²) in [5.41, 5.74) is 0. The second kappa shape index (κ2) is 7.20. The van der Waals surface area contributed by atoms with Gasteiger partial charge in [0.2, 0.25) is 0 Å². The van der Waals surface area contributed by atoms with Crippen LogP contribution in [0, 0.1) is 0 Å². The molecule has 0 aromatic rings. The van der Waals surface area contributed by atoms with Crippen molar-refractivity contribution >= 4 is 0 Å². The first-order valence-electron chi connectivity index (χ1n) is 6.27. The Morgan fingerprint density at radius 3 is 2.40 bits per heavy atom. The molecule has 0 aromatic carbocycles. The minimum Gasteiger partial charge on any atom is -0.390 e. The lowest BCUT2D eigenvalue weighted by Crippen LogP contribution is -2.40. The fraction of sp³-hybridized carbons (Fsp3) is 1.00. The summed E-state index contributed by atoms with van der Waals surface area (Å²) in [7, 11) is 4.03. The van der Waals surface area contributed by atoms with Crippen molar-refractivity contribution in [3.8, 4) is 0 Å². The van der Waals surface area contributed by atoms with Gasteiger partial charge in [0.25, 0.3) is 0 Å². The van der Waals surface area contributed by atoms with E-state index < -0.39 is 0 Å². The number of aliphatic hydroxyl groups excluding tert-OH is 1. The third kappa shape index (κ3) is 4.96. The van der Waals surface area contributed by atoms with Crippen LogP contribution in [0.15, 0.2) is 0 Å². The third-order valence-electron chi connectivity index (χ3n) is 3.39. The molecule has 0 heterocycles. The van der Waals surface area contributed by atoms with Crippen molar-refractivity contribution in [2.45, 2.75) is 50.7 Å². The number of hydrogen-bond acceptors (Lipinski definition) is 3. The normalized spacial score (nSPS) is 21.6. The molecule has 15 heavy (non-hydrogen) atoms. The van der Waals surface area contributed by atoms with E-state index in [1.54, 1.807) is 0 Å². The molecule has 1 atom stereocenters. The largest absolute Gasteiger partial charge is 0.390 e. The molecular weight excluding hydrogens is 188 g/mol. The Balaban J connectivity index is 2.27. The average molecular weight is 214 g/mol. The van der Waals surface area contributed by atoms with Crippen molar-refractivity contribution in [3.63, 3.8) is 0 Å². The van der Waals surface area contributed by atoms with E-state index in [1.807, 2.05) is 7.05 Å². The van der Waals surface area contributed by atoms with Crippen LogP contribution in [0.2, 0.25) is 0 Å². The van der Waals surface area contributed by atoms with Crippen LogP contribution >= 0.6 is 0 Å². The molecule has 0 bridgehead atoms. The van der Waals surface area contributed by atoms with Crippen molar-refractivity contribution in [3.05, 3.63) is 0 Å². The molecule has 2 N–H and O–H groups in total. The average Bonchev–Trinajstić information content (AvgIpc) is 2.45. The molecule has 3 nitrogen and oxygen atoms in total. The highest BCUT2D eigenvalue weighted by Gasteiger charge is 2.18. The monoisotopic (exact) mass is 214 g/mol. The minimum absolute atomic E-state index is 0.233. The number of aliphatic hydroxyl groups is 1. The van der Waals surface area contributed by atoms with Gasteiger partial charge in [-0.05, 0) is 26.9 Å². The fourth-order valence-corrected chi connectivity index (χ4v) is 2.48. The Morgan fingerprint density at radius 1 is 1.27 bits per heavy atom. The summed E-state index contributed by atoms with van der Waals surface area (Å²) < 4.78 is 0. The van der Waals surface area contributed by atoms with E-state index in [9.17, 15) is 5.11 Å². The quantitative estimate of drug-likeness (QED) is 0.676. The van der Waals surface area contributed by atoms with Gasteiger partial charge in [-0.1, -0.05) is 25.7 Å². The minimum atomic E-state index is -0.233. The van der Waals surface area contributed by atoms with Crippen molar-refractivity contribution < 1.29 is 5.11 Å². The zero-order chi connectivity index (χ0) is 11.1. The molecule has 1 unspecified atom stereocenters.